The second kappa shape index (κ2) is 4.56. The van der Waals surface area contributed by atoms with Gasteiger partial charge in [0.25, 0.3) is 5.91 Å². The van der Waals surface area contributed by atoms with Gasteiger partial charge in [0.15, 0.2) is 6.61 Å². The predicted octanol–water partition coefficient (Wildman–Crippen LogP) is 1.96. The van der Waals surface area contributed by atoms with Crippen LogP contribution < -0.4 is 10.1 Å². The molecule has 1 aliphatic rings. The van der Waals surface area contributed by atoms with Crippen molar-refractivity contribution in [3.05, 3.63) is 29.3 Å². The normalized spacial score (nSPS) is 14.6. The molecule has 0 atom stereocenters. The van der Waals surface area contributed by atoms with E-state index in [0.29, 0.717) is 6.04 Å². The van der Waals surface area contributed by atoms with Crippen LogP contribution in [0.1, 0.15) is 24.0 Å². The molecule has 0 aromatic heterocycles. The average Bonchev–Trinajstić information content (AvgIpc) is 3.04. The summed E-state index contributed by atoms with van der Waals surface area (Å²) in [5.74, 6) is 0.731. The molecule has 3 heteroatoms. The van der Waals surface area contributed by atoms with Crippen molar-refractivity contribution in [1.29, 1.82) is 0 Å². The molecule has 1 aromatic carbocycles. The first kappa shape index (κ1) is 11.0. The summed E-state index contributed by atoms with van der Waals surface area (Å²) >= 11 is 0. The van der Waals surface area contributed by atoms with Gasteiger partial charge in [0.2, 0.25) is 0 Å². The maximum atomic E-state index is 11.4. The monoisotopic (exact) mass is 219 g/mol. The molecule has 1 saturated carbocycles. The van der Waals surface area contributed by atoms with Crippen molar-refractivity contribution in [2.45, 2.75) is 32.7 Å². The van der Waals surface area contributed by atoms with Gasteiger partial charge in [0, 0.05) is 6.04 Å². The van der Waals surface area contributed by atoms with Crippen molar-refractivity contribution in [3.8, 4) is 5.75 Å². The Morgan fingerprint density at radius 1 is 1.38 bits per heavy atom. The quantitative estimate of drug-likeness (QED) is 0.840. The smallest absolute Gasteiger partial charge is 0.258 e. The molecule has 0 unspecified atom stereocenters. The minimum Gasteiger partial charge on any atom is -0.484 e. The van der Waals surface area contributed by atoms with E-state index in [2.05, 4.69) is 12.2 Å². The Kier molecular flexibility index (Phi) is 3.13. The summed E-state index contributed by atoms with van der Waals surface area (Å²) in [4.78, 5) is 11.4. The zero-order valence-corrected chi connectivity index (χ0v) is 9.75. The molecule has 0 aliphatic heterocycles. The molecule has 1 N–H and O–H groups in total. The standard InChI is InChI=1S/C13H17NO2/c1-9-3-6-12(7-10(9)2)16-8-13(15)14-11-4-5-11/h3,6-7,11H,4-5,8H2,1-2H3,(H,14,15). The van der Waals surface area contributed by atoms with Crippen LogP contribution in [0.4, 0.5) is 0 Å². The van der Waals surface area contributed by atoms with Gasteiger partial charge in [-0.15, -0.1) is 0 Å². The van der Waals surface area contributed by atoms with E-state index in [1.165, 1.54) is 11.1 Å². The van der Waals surface area contributed by atoms with Crippen molar-refractivity contribution in [2.24, 2.45) is 0 Å². The van der Waals surface area contributed by atoms with Crippen LogP contribution >= 0.6 is 0 Å². The Hall–Kier alpha value is -1.51. The molecule has 1 amide bonds. The molecule has 0 radical (unpaired) electrons. The van der Waals surface area contributed by atoms with E-state index in [4.69, 9.17) is 4.74 Å². The van der Waals surface area contributed by atoms with Gasteiger partial charge < -0.3 is 10.1 Å². The molecular weight excluding hydrogens is 202 g/mol. The average molecular weight is 219 g/mol. The van der Waals surface area contributed by atoms with E-state index < -0.39 is 0 Å². The van der Waals surface area contributed by atoms with E-state index in [1.54, 1.807) is 0 Å². The highest BCUT2D eigenvalue weighted by Gasteiger charge is 2.23. The van der Waals surface area contributed by atoms with Crippen LogP contribution in [-0.2, 0) is 4.79 Å². The molecule has 0 spiro atoms. The summed E-state index contributed by atoms with van der Waals surface area (Å²) in [6, 6.07) is 6.26. The molecule has 2 rings (SSSR count). The summed E-state index contributed by atoms with van der Waals surface area (Å²) in [6.07, 6.45) is 2.21. The topological polar surface area (TPSA) is 38.3 Å². The maximum absolute atomic E-state index is 11.4. The SMILES string of the molecule is Cc1ccc(OCC(=O)NC2CC2)cc1C. The third-order valence-corrected chi connectivity index (χ3v) is 2.79. The van der Waals surface area contributed by atoms with Gasteiger partial charge in [-0.1, -0.05) is 6.07 Å². The number of carbonyl (C=O) groups excluding carboxylic acids is 1. The number of carbonyl (C=O) groups is 1. The van der Waals surface area contributed by atoms with Gasteiger partial charge in [-0.3, -0.25) is 4.79 Å². The third kappa shape index (κ3) is 2.99. The number of hydrogen-bond donors (Lipinski definition) is 1. The zero-order chi connectivity index (χ0) is 11.5. The molecule has 0 bridgehead atoms. The van der Waals surface area contributed by atoms with E-state index in [1.807, 2.05) is 25.1 Å². The number of rotatable bonds is 4. The Morgan fingerprint density at radius 2 is 2.12 bits per heavy atom. The lowest BCUT2D eigenvalue weighted by molar-refractivity contribution is -0.123. The largest absolute Gasteiger partial charge is 0.484 e. The Bertz CT molecular complexity index is 397. The van der Waals surface area contributed by atoms with Crippen LogP contribution in [0.3, 0.4) is 0 Å². The Labute approximate surface area is 95.8 Å². The summed E-state index contributed by atoms with van der Waals surface area (Å²) < 4.78 is 5.42. The van der Waals surface area contributed by atoms with E-state index in [0.717, 1.165) is 18.6 Å². The molecule has 86 valence electrons. The van der Waals surface area contributed by atoms with Gasteiger partial charge >= 0.3 is 0 Å². The minimum absolute atomic E-state index is 0.0271. The summed E-state index contributed by atoms with van der Waals surface area (Å²) in [5.41, 5.74) is 2.41. The molecule has 3 nitrogen and oxygen atoms in total. The molecule has 0 heterocycles. The van der Waals surface area contributed by atoms with Crippen LogP contribution in [0.2, 0.25) is 0 Å². The second-order valence-electron chi connectivity index (χ2n) is 4.38. The van der Waals surface area contributed by atoms with E-state index in [-0.39, 0.29) is 12.5 Å². The number of ether oxygens (including phenoxy) is 1. The number of benzene rings is 1. The molecule has 1 aromatic rings. The van der Waals surface area contributed by atoms with Crippen LogP contribution in [0.25, 0.3) is 0 Å². The molecule has 1 aliphatic carbocycles. The highest BCUT2D eigenvalue weighted by molar-refractivity contribution is 5.78. The van der Waals surface area contributed by atoms with Gasteiger partial charge in [-0.05, 0) is 49.9 Å². The molecular formula is C13H17NO2. The van der Waals surface area contributed by atoms with Gasteiger partial charge in [0.1, 0.15) is 5.75 Å². The minimum atomic E-state index is -0.0271. The lowest BCUT2D eigenvalue weighted by Gasteiger charge is -2.08. The van der Waals surface area contributed by atoms with Crippen LogP contribution in [0, 0.1) is 13.8 Å². The van der Waals surface area contributed by atoms with Crippen LogP contribution in [0.15, 0.2) is 18.2 Å². The summed E-state index contributed by atoms with van der Waals surface area (Å²) in [6.45, 7) is 4.20. The van der Waals surface area contributed by atoms with E-state index in [9.17, 15) is 4.79 Å². The van der Waals surface area contributed by atoms with Gasteiger partial charge in [0.05, 0.1) is 0 Å². The first-order valence-electron chi connectivity index (χ1n) is 5.64. The van der Waals surface area contributed by atoms with Crippen molar-refractivity contribution in [1.82, 2.24) is 5.32 Å². The fourth-order valence-corrected chi connectivity index (χ4v) is 1.45. The first-order valence-corrected chi connectivity index (χ1v) is 5.64. The second-order valence-corrected chi connectivity index (χ2v) is 4.38. The Balaban J connectivity index is 1.83. The molecule has 16 heavy (non-hydrogen) atoms. The summed E-state index contributed by atoms with van der Waals surface area (Å²) in [7, 11) is 0. The Morgan fingerprint density at radius 3 is 2.75 bits per heavy atom. The fraction of sp³-hybridized carbons (Fsp3) is 0.462. The lowest BCUT2D eigenvalue weighted by Crippen LogP contribution is -2.30. The predicted molar refractivity (Wildman–Crippen MR) is 62.6 cm³/mol. The summed E-state index contributed by atoms with van der Waals surface area (Å²) in [5, 5.41) is 2.89. The number of amides is 1. The van der Waals surface area contributed by atoms with Crippen molar-refractivity contribution in [2.75, 3.05) is 6.61 Å². The third-order valence-electron chi connectivity index (χ3n) is 2.79. The number of hydrogen-bond acceptors (Lipinski definition) is 2. The highest BCUT2D eigenvalue weighted by atomic mass is 16.5. The molecule has 1 fully saturated rings. The van der Waals surface area contributed by atoms with E-state index >= 15 is 0 Å². The van der Waals surface area contributed by atoms with Gasteiger partial charge in [-0.2, -0.15) is 0 Å². The number of aryl methyl sites for hydroxylation is 2. The van der Waals surface area contributed by atoms with Crippen molar-refractivity contribution in [3.63, 3.8) is 0 Å². The highest BCUT2D eigenvalue weighted by Crippen LogP contribution is 2.19. The van der Waals surface area contributed by atoms with Crippen molar-refractivity contribution < 1.29 is 9.53 Å². The maximum Gasteiger partial charge on any atom is 0.258 e. The lowest BCUT2D eigenvalue weighted by atomic mass is 10.1. The van der Waals surface area contributed by atoms with Crippen LogP contribution in [0.5, 0.6) is 5.75 Å². The van der Waals surface area contributed by atoms with Crippen molar-refractivity contribution >= 4 is 5.91 Å². The van der Waals surface area contributed by atoms with Gasteiger partial charge in [-0.25, -0.2) is 0 Å². The zero-order valence-electron chi connectivity index (χ0n) is 9.75. The number of nitrogens with one attached hydrogen (secondary N) is 1. The van der Waals surface area contributed by atoms with Crippen LogP contribution in [-0.4, -0.2) is 18.6 Å². The first-order chi connectivity index (χ1) is 7.65. The fourth-order valence-electron chi connectivity index (χ4n) is 1.45. The molecule has 0 saturated heterocycles.